The third kappa shape index (κ3) is 2.28. The van der Waals surface area contributed by atoms with Crippen molar-refractivity contribution in [2.75, 3.05) is 18.0 Å². The molecule has 0 spiro atoms. The van der Waals surface area contributed by atoms with Gasteiger partial charge in [-0.25, -0.2) is 4.39 Å². The lowest BCUT2D eigenvalue weighted by atomic mass is 9.97. The summed E-state index contributed by atoms with van der Waals surface area (Å²) in [7, 11) is 0. The van der Waals surface area contributed by atoms with E-state index in [1.807, 2.05) is 11.0 Å². The molecule has 1 aromatic rings. The zero-order chi connectivity index (χ0) is 12.3. The minimum atomic E-state index is -0.484. The molecule has 0 radical (unpaired) electrons. The number of aldehydes is 1. The molecule has 1 heterocycles. The molecule has 0 bridgehead atoms. The highest BCUT2D eigenvalue weighted by Crippen LogP contribution is 2.26. The number of nitrogens with zero attached hydrogens (tertiary/aromatic N) is 2. The topological polar surface area (TPSA) is 44.1 Å². The number of benzene rings is 1. The van der Waals surface area contributed by atoms with Crippen LogP contribution in [-0.2, 0) is 4.79 Å². The molecule has 0 N–H and O–H groups in total. The number of halogens is 1. The first-order valence-electron chi connectivity index (χ1n) is 5.65. The van der Waals surface area contributed by atoms with Gasteiger partial charge in [-0.3, -0.25) is 0 Å². The Bertz CT molecular complexity index is 459. The molecule has 3 nitrogen and oxygen atoms in total. The number of hydrogen-bond donors (Lipinski definition) is 0. The molecule has 0 saturated carbocycles. The maximum Gasteiger partial charge on any atom is 0.143 e. The van der Waals surface area contributed by atoms with Crippen molar-refractivity contribution in [2.45, 2.75) is 12.8 Å². The third-order valence-corrected chi connectivity index (χ3v) is 3.18. The second-order valence-electron chi connectivity index (χ2n) is 4.21. The van der Waals surface area contributed by atoms with Crippen LogP contribution in [0.2, 0.25) is 0 Å². The maximum absolute atomic E-state index is 13.4. The predicted octanol–water partition coefficient (Wildman–Crippen LogP) is 2.11. The first-order valence-corrected chi connectivity index (χ1v) is 5.65. The van der Waals surface area contributed by atoms with Gasteiger partial charge in [0.2, 0.25) is 0 Å². The largest absolute Gasteiger partial charge is 0.370 e. The predicted molar refractivity (Wildman–Crippen MR) is 62.1 cm³/mol. The van der Waals surface area contributed by atoms with Gasteiger partial charge < -0.3 is 9.69 Å². The summed E-state index contributed by atoms with van der Waals surface area (Å²) in [5, 5.41) is 8.96. The Hall–Kier alpha value is -1.89. The number of piperidine rings is 1. The Balaban J connectivity index is 2.22. The summed E-state index contributed by atoms with van der Waals surface area (Å²) in [6.07, 6.45) is 2.52. The highest BCUT2D eigenvalue weighted by atomic mass is 19.1. The molecule has 0 aromatic heterocycles. The second-order valence-corrected chi connectivity index (χ2v) is 4.21. The van der Waals surface area contributed by atoms with E-state index in [0.29, 0.717) is 18.8 Å². The lowest BCUT2D eigenvalue weighted by molar-refractivity contribution is -0.111. The van der Waals surface area contributed by atoms with E-state index < -0.39 is 5.82 Å². The van der Waals surface area contributed by atoms with Gasteiger partial charge in [0, 0.05) is 19.0 Å². The molecular formula is C13H13FN2O. The average Bonchev–Trinajstić information content (AvgIpc) is 2.38. The average molecular weight is 232 g/mol. The summed E-state index contributed by atoms with van der Waals surface area (Å²) in [5.74, 6) is -0.382. The van der Waals surface area contributed by atoms with Crippen molar-refractivity contribution >= 4 is 12.0 Å². The molecule has 0 atom stereocenters. The normalized spacial score (nSPS) is 16.6. The Morgan fingerprint density at radius 3 is 2.71 bits per heavy atom. The molecule has 4 heteroatoms. The number of nitriles is 1. The van der Waals surface area contributed by atoms with Gasteiger partial charge in [-0.05, 0) is 25.0 Å². The van der Waals surface area contributed by atoms with Crippen molar-refractivity contribution in [1.29, 1.82) is 5.26 Å². The summed E-state index contributed by atoms with van der Waals surface area (Å²) in [4.78, 5) is 12.6. The van der Waals surface area contributed by atoms with Crippen LogP contribution in [0.4, 0.5) is 10.1 Å². The molecule has 1 aliphatic rings. The van der Waals surface area contributed by atoms with Gasteiger partial charge in [0.25, 0.3) is 0 Å². The Labute approximate surface area is 99.5 Å². The smallest absolute Gasteiger partial charge is 0.143 e. The van der Waals surface area contributed by atoms with E-state index in [4.69, 9.17) is 5.26 Å². The molecule has 2 rings (SSSR count). The van der Waals surface area contributed by atoms with Gasteiger partial charge in [-0.2, -0.15) is 5.26 Å². The van der Waals surface area contributed by atoms with Crippen molar-refractivity contribution in [3.8, 4) is 6.07 Å². The van der Waals surface area contributed by atoms with E-state index in [1.165, 1.54) is 6.07 Å². The van der Waals surface area contributed by atoms with E-state index in [0.717, 1.165) is 19.1 Å². The van der Waals surface area contributed by atoms with Gasteiger partial charge >= 0.3 is 0 Å². The van der Waals surface area contributed by atoms with Crippen molar-refractivity contribution in [2.24, 2.45) is 5.92 Å². The van der Waals surface area contributed by atoms with Crippen LogP contribution in [-0.4, -0.2) is 19.4 Å². The number of hydrogen-bond acceptors (Lipinski definition) is 3. The number of rotatable bonds is 2. The Morgan fingerprint density at radius 2 is 2.12 bits per heavy atom. The highest BCUT2D eigenvalue weighted by Gasteiger charge is 2.21. The lowest BCUT2D eigenvalue weighted by Gasteiger charge is -2.32. The van der Waals surface area contributed by atoms with Crippen LogP contribution in [0.3, 0.4) is 0 Å². The van der Waals surface area contributed by atoms with Crippen LogP contribution in [0.5, 0.6) is 0 Å². The minimum Gasteiger partial charge on any atom is -0.370 e. The van der Waals surface area contributed by atoms with Gasteiger partial charge in [-0.15, -0.1) is 0 Å². The van der Waals surface area contributed by atoms with E-state index in [1.54, 1.807) is 12.1 Å². The van der Waals surface area contributed by atoms with Gasteiger partial charge in [0.1, 0.15) is 23.7 Å². The van der Waals surface area contributed by atoms with Gasteiger partial charge in [0.15, 0.2) is 0 Å². The monoisotopic (exact) mass is 232 g/mol. The van der Waals surface area contributed by atoms with Crippen LogP contribution < -0.4 is 4.90 Å². The fraction of sp³-hybridized carbons (Fsp3) is 0.385. The minimum absolute atomic E-state index is 0.0945. The second kappa shape index (κ2) is 4.96. The Kier molecular flexibility index (Phi) is 3.38. The third-order valence-electron chi connectivity index (χ3n) is 3.18. The molecule has 17 heavy (non-hydrogen) atoms. The van der Waals surface area contributed by atoms with Crippen LogP contribution in [0, 0.1) is 23.1 Å². The summed E-state index contributed by atoms with van der Waals surface area (Å²) in [6.45, 7) is 1.39. The van der Waals surface area contributed by atoms with Gasteiger partial charge in [-0.1, -0.05) is 6.07 Å². The fourth-order valence-corrected chi connectivity index (χ4v) is 2.16. The molecule has 0 unspecified atom stereocenters. The molecule has 1 fully saturated rings. The van der Waals surface area contributed by atoms with Crippen molar-refractivity contribution in [3.05, 3.63) is 29.6 Å². The number of anilines is 1. The summed E-state index contributed by atoms with van der Waals surface area (Å²) in [6, 6.07) is 6.55. The first kappa shape index (κ1) is 11.6. The first-order chi connectivity index (χ1) is 8.26. The van der Waals surface area contributed by atoms with E-state index in [-0.39, 0.29) is 11.5 Å². The van der Waals surface area contributed by atoms with Crippen molar-refractivity contribution in [3.63, 3.8) is 0 Å². The van der Waals surface area contributed by atoms with E-state index in [9.17, 15) is 9.18 Å². The van der Waals surface area contributed by atoms with Gasteiger partial charge in [0.05, 0.1) is 5.69 Å². The van der Waals surface area contributed by atoms with Crippen molar-refractivity contribution in [1.82, 2.24) is 0 Å². The highest BCUT2D eigenvalue weighted by molar-refractivity contribution is 5.61. The molecule has 0 amide bonds. The maximum atomic E-state index is 13.4. The SMILES string of the molecule is N#Cc1c(F)cccc1N1CCC(C=O)CC1. The van der Waals surface area contributed by atoms with Crippen LogP contribution in [0.25, 0.3) is 0 Å². The standard InChI is InChI=1S/C13H13FN2O/c14-12-2-1-3-13(11(12)8-15)16-6-4-10(9-17)5-7-16/h1-3,9-10H,4-7H2. The lowest BCUT2D eigenvalue weighted by Crippen LogP contribution is -2.34. The Morgan fingerprint density at radius 1 is 1.41 bits per heavy atom. The van der Waals surface area contributed by atoms with E-state index in [2.05, 4.69) is 0 Å². The zero-order valence-electron chi connectivity index (χ0n) is 9.40. The molecule has 0 aliphatic carbocycles. The van der Waals surface area contributed by atoms with Crippen LogP contribution >= 0.6 is 0 Å². The van der Waals surface area contributed by atoms with Crippen LogP contribution in [0.15, 0.2) is 18.2 Å². The fourth-order valence-electron chi connectivity index (χ4n) is 2.16. The number of carbonyl (C=O) groups is 1. The molecular weight excluding hydrogens is 219 g/mol. The van der Waals surface area contributed by atoms with Crippen LogP contribution in [0.1, 0.15) is 18.4 Å². The quantitative estimate of drug-likeness (QED) is 0.733. The van der Waals surface area contributed by atoms with Crippen molar-refractivity contribution < 1.29 is 9.18 Å². The van der Waals surface area contributed by atoms with E-state index >= 15 is 0 Å². The molecule has 1 aromatic carbocycles. The summed E-state index contributed by atoms with van der Waals surface area (Å²) in [5.41, 5.74) is 0.730. The number of carbonyl (C=O) groups excluding carboxylic acids is 1. The molecule has 1 saturated heterocycles. The zero-order valence-corrected chi connectivity index (χ0v) is 9.40. The molecule has 1 aliphatic heterocycles. The summed E-state index contributed by atoms with van der Waals surface area (Å²) >= 11 is 0. The molecule has 88 valence electrons. The summed E-state index contributed by atoms with van der Waals surface area (Å²) < 4.78 is 13.4.